The molecule has 1 aromatic heterocycles. The zero-order valence-electron chi connectivity index (χ0n) is 14.9. The standard InChI is InChI=1S/C20H23F2N3O/c1-13(24-14(2)17-11-20(21,22)12-17)15-3-5-18(6-4-15)25-19(26)16-7-9-23-10-8-16/h3-10,13-14,17,24H,11-12H2,1-2H3,(H,25,26). The lowest BCUT2D eigenvalue weighted by Crippen LogP contribution is -2.47. The Balaban J connectivity index is 1.54. The smallest absolute Gasteiger partial charge is 0.255 e. The SMILES string of the molecule is CC(NC(C)C1CC(F)(F)C1)c1ccc(NC(=O)c2ccncc2)cc1. The molecule has 4 nitrogen and oxygen atoms in total. The summed E-state index contributed by atoms with van der Waals surface area (Å²) in [6, 6.07) is 10.9. The third-order valence-corrected chi connectivity index (χ3v) is 4.95. The molecule has 6 heteroatoms. The van der Waals surface area contributed by atoms with Crippen LogP contribution in [-0.4, -0.2) is 22.9 Å². The Kier molecular flexibility index (Phi) is 5.32. The number of benzene rings is 1. The first-order valence-corrected chi connectivity index (χ1v) is 8.79. The molecule has 1 heterocycles. The van der Waals surface area contributed by atoms with Crippen LogP contribution in [0.5, 0.6) is 0 Å². The molecule has 3 rings (SSSR count). The second-order valence-corrected chi connectivity index (χ2v) is 7.01. The number of pyridine rings is 1. The van der Waals surface area contributed by atoms with Crippen molar-refractivity contribution in [3.63, 3.8) is 0 Å². The Hall–Kier alpha value is -2.34. The van der Waals surface area contributed by atoms with E-state index in [1.165, 1.54) is 0 Å². The molecule has 26 heavy (non-hydrogen) atoms. The first-order chi connectivity index (χ1) is 12.3. The van der Waals surface area contributed by atoms with Gasteiger partial charge in [-0.3, -0.25) is 9.78 Å². The quantitative estimate of drug-likeness (QED) is 0.803. The molecule has 1 amide bonds. The van der Waals surface area contributed by atoms with Gasteiger partial charge in [-0.05, 0) is 49.6 Å². The van der Waals surface area contributed by atoms with Gasteiger partial charge < -0.3 is 10.6 Å². The summed E-state index contributed by atoms with van der Waals surface area (Å²) in [5.74, 6) is -2.66. The van der Waals surface area contributed by atoms with Crippen LogP contribution in [0.3, 0.4) is 0 Å². The summed E-state index contributed by atoms with van der Waals surface area (Å²) in [5.41, 5.74) is 2.30. The minimum absolute atomic E-state index is 0.0198. The number of nitrogens with zero attached hydrogens (tertiary/aromatic N) is 1. The zero-order chi connectivity index (χ0) is 18.7. The highest BCUT2D eigenvalue weighted by atomic mass is 19.3. The van der Waals surface area contributed by atoms with Crippen LogP contribution in [0.1, 0.15) is 48.7 Å². The summed E-state index contributed by atoms with van der Waals surface area (Å²) in [6.45, 7) is 3.97. The Labute approximate surface area is 152 Å². The maximum absolute atomic E-state index is 13.0. The van der Waals surface area contributed by atoms with Gasteiger partial charge in [0, 0.05) is 48.6 Å². The molecule has 1 aliphatic rings. The van der Waals surface area contributed by atoms with Crippen molar-refractivity contribution in [3.05, 3.63) is 59.9 Å². The number of amides is 1. The number of carbonyl (C=O) groups is 1. The van der Waals surface area contributed by atoms with Gasteiger partial charge in [0.15, 0.2) is 0 Å². The third-order valence-electron chi connectivity index (χ3n) is 4.95. The van der Waals surface area contributed by atoms with Crippen LogP contribution in [0.25, 0.3) is 0 Å². The lowest BCUT2D eigenvalue weighted by atomic mass is 9.76. The number of nitrogens with one attached hydrogen (secondary N) is 2. The normalized spacial score (nSPS) is 18.6. The van der Waals surface area contributed by atoms with E-state index in [2.05, 4.69) is 15.6 Å². The number of aromatic nitrogens is 1. The summed E-state index contributed by atoms with van der Waals surface area (Å²) < 4.78 is 26.0. The number of anilines is 1. The van der Waals surface area contributed by atoms with Crippen LogP contribution in [0, 0.1) is 5.92 Å². The zero-order valence-corrected chi connectivity index (χ0v) is 14.9. The van der Waals surface area contributed by atoms with Gasteiger partial charge in [0.25, 0.3) is 5.91 Å². The molecule has 2 atom stereocenters. The highest BCUT2D eigenvalue weighted by Crippen LogP contribution is 2.44. The summed E-state index contributed by atoms with van der Waals surface area (Å²) in [6.07, 6.45) is 3.08. The highest BCUT2D eigenvalue weighted by Gasteiger charge is 2.47. The molecular formula is C20H23F2N3O. The van der Waals surface area contributed by atoms with Gasteiger partial charge >= 0.3 is 0 Å². The number of hydrogen-bond acceptors (Lipinski definition) is 3. The predicted octanol–water partition coefficient (Wildman–Crippen LogP) is 4.42. The van der Waals surface area contributed by atoms with E-state index in [9.17, 15) is 13.6 Å². The number of rotatable bonds is 6. The van der Waals surface area contributed by atoms with Crippen LogP contribution in [0.15, 0.2) is 48.8 Å². The molecule has 2 aromatic rings. The average Bonchev–Trinajstić information content (AvgIpc) is 2.60. The van der Waals surface area contributed by atoms with Crippen LogP contribution in [0.4, 0.5) is 14.5 Å². The van der Waals surface area contributed by atoms with Crippen LogP contribution in [0.2, 0.25) is 0 Å². The fourth-order valence-corrected chi connectivity index (χ4v) is 3.25. The van der Waals surface area contributed by atoms with Gasteiger partial charge in [0.2, 0.25) is 5.92 Å². The van der Waals surface area contributed by atoms with Gasteiger partial charge in [0.05, 0.1) is 0 Å². The van der Waals surface area contributed by atoms with E-state index in [1.807, 2.05) is 38.1 Å². The van der Waals surface area contributed by atoms with Crippen molar-refractivity contribution in [3.8, 4) is 0 Å². The molecule has 0 spiro atoms. The van der Waals surface area contributed by atoms with Crippen molar-refractivity contribution in [2.45, 2.75) is 44.7 Å². The van der Waals surface area contributed by atoms with Crippen molar-refractivity contribution < 1.29 is 13.6 Å². The molecule has 1 fully saturated rings. The van der Waals surface area contributed by atoms with Gasteiger partial charge in [0.1, 0.15) is 0 Å². The van der Waals surface area contributed by atoms with E-state index in [0.29, 0.717) is 11.3 Å². The molecule has 2 unspecified atom stereocenters. The number of halogens is 2. The van der Waals surface area contributed by atoms with Gasteiger partial charge in [-0.15, -0.1) is 0 Å². The fourth-order valence-electron chi connectivity index (χ4n) is 3.25. The second-order valence-electron chi connectivity index (χ2n) is 7.01. The summed E-state index contributed by atoms with van der Waals surface area (Å²) in [7, 11) is 0. The maximum atomic E-state index is 13.0. The van der Waals surface area contributed by atoms with Crippen LogP contribution < -0.4 is 10.6 Å². The Morgan fingerprint density at radius 1 is 1.12 bits per heavy atom. The highest BCUT2D eigenvalue weighted by molar-refractivity contribution is 6.04. The van der Waals surface area contributed by atoms with Crippen LogP contribution in [-0.2, 0) is 0 Å². The summed E-state index contributed by atoms with van der Waals surface area (Å²) in [5, 5.41) is 6.23. The Bertz CT molecular complexity index is 741. The van der Waals surface area contributed by atoms with Crippen molar-refractivity contribution in [1.82, 2.24) is 10.3 Å². The molecule has 1 aromatic carbocycles. The lowest BCUT2D eigenvalue weighted by Gasteiger charge is -2.40. The first-order valence-electron chi connectivity index (χ1n) is 8.79. The fraction of sp³-hybridized carbons (Fsp3) is 0.400. The summed E-state index contributed by atoms with van der Waals surface area (Å²) >= 11 is 0. The molecular weight excluding hydrogens is 336 g/mol. The minimum Gasteiger partial charge on any atom is -0.322 e. The third kappa shape index (κ3) is 4.43. The van der Waals surface area contributed by atoms with E-state index in [-0.39, 0.29) is 36.8 Å². The minimum atomic E-state index is -2.49. The van der Waals surface area contributed by atoms with E-state index < -0.39 is 5.92 Å². The molecule has 0 radical (unpaired) electrons. The predicted molar refractivity (Wildman–Crippen MR) is 97.3 cm³/mol. The Morgan fingerprint density at radius 2 is 1.73 bits per heavy atom. The van der Waals surface area contributed by atoms with Gasteiger partial charge in [-0.25, -0.2) is 8.78 Å². The molecule has 138 valence electrons. The molecule has 1 saturated carbocycles. The molecule has 0 saturated heterocycles. The average molecular weight is 359 g/mol. The van der Waals surface area contributed by atoms with Gasteiger partial charge in [-0.1, -0.05) is 12.1 Å². The first kappa shape index (κ1) is 18.5. The molecule has 0 bridgehead atoms. The number of alkyl halides is 2. The van der Waals surface area contributed by atoms with Crippen molar-refractivity contribution in [1.29, 1.82) is 0 Å². The van der Waals surface area contributed by atoms with E-state index >= 15 is 0 Å². The topological polar surface area (TPSA) is 54.0 Å². The van der Waals surface area contributed by atoms with E-state index in [1.54, 1.807) is 24.5 Å². The summed E-state index contributed by atoms with van der Waals surface area (Å²) in [4.78, 5) is 16.0. The lowest BCUT2D eigenvalue weighted by molar-refractivity contribution is -0.118. The second kappa shape index (κ2) is 7.50. The number of hydrogen-bond donors (Lipinski definition) is 2. The molecule has 0 aliphatic heterocycles. The van der Waals surface area contributed by atoms with Crippen molar-refractivity contribution in [2.24, 2.45) is 5.92 Å². The van der Waals surface area contributed by atoms with Crippen LogP contribution >= 0.6 is 0 Å². The molecule has 1 aliphatic carbocycles. The van der Waals surface area contributed by atoms with E-state index in [4.69, 9.17) is 0 Å². The number of carbonyl (C=O) groups excluding carboxylic acids is 1. The maximum Gasteiger partial charge on any atom is 0.255 e. The van der Waals surface area contributed by atoms with Crippen molar-refractivity contribution >= 4 is 11.6 Å². The molecule has 2 N–H and O–H groups in total. The largest absolute Gasteiger partial charge is 0.322 e. The Morgan fingerprint density at radius 3 is 2.31 bits per heavy atom. The monoisotopic (exact) mass is 359 g/mol. The van der Waals surface area contributed by atoms with Gasteiger partial charge in [-0.2, -0.15) is 0 Å². The van der Waals surface area contributed by atoms with E-state index in [0.717, 1.165) is 5.56 Å². The van der Waals surface area contributed by atoms with Crippen molar-refractivity contribution in [2.75, 3.05) is 5.32 Å².